The van der Waals surface area contributed by atoms with Gasteiger partial charge in [0.2, 0.25) is 10.0 Å². The normalized spacial score (nSPS) is 15.0. The van der Waals surface area contributed by atoms with Crippen LogP contribution in [0, 0.1) is 0 Å². The van der Waals surface area contributed by atoms with Crippen LogP contribution < -0.4 is 5.32 Å². The molecule has 0 atom stereocenters. The second kappa shape index (κ2) is 9.68. The molecule has 1 heterocycles. The van der Waals surface area contributed by atoms with Gasteiger partial charge in [-0.1, -0.05) is 6.42 Å². The van der Waals surface area contributed by atoms with Crippen LogP contribution in [0.1, 0.15) is 48.9 Å². The Kier molecular flexibility index (Phi) is 7.59. The Morgan fingerprint density at radius 1 is 1.08 bits per heavy atom. The lowest BCUT2D eigenvalue weighted by Crippen LogP contribution is -2.28. The van der Waals surface area contributed by atoms with Gasteiger partial charge in [0.15, 0.2) is 0 Å². The predicted octanol–water partition coefficient (Wildman–Crippen LogP) is 1.93. The fraction of sp³-hybridized carbons (Fsp3) is 0.556. The highest BCUT2D eigenvalue weighted by atomic mass is 32.2. The topological polar surface area (TPSA) is 92.8 Å². The molecule has 7 nitrogen and oxygen atoms in total. The van der Waals surface area contributed by atoms with Crippen molar-refractivity contribution in [3.63, 3.8) is 0 Å². The lowest BCUT2D eigenvalue weighted by atomic mass is 10.2. The van der Waals surface area contributed by atoms with Crippen LogP contribution in [0.15, 0.2) is 29.2 Å². The highest BCUT2D eigenvalue weighted by Crippen LogP contribution is 2.21. The van der Waals surface area contributed by atoms with Crippen molar-refractivity contribution < 1.29 is 22.7 Å². The van der Waals surface area contributed by atoms with Crippen molar-refractivity contribution in [3.05, 3.63) is 29.8 Å². The third-order valence-electron chi connectivity index (χ3n) is 4.39. The number of benzene rings is 1. The number of carbonyl (C=O) groups excluding carboxylic acids is 2. The molecule has 0 saturated carbocycles. The van der Waals surface area contributed by atoms with E-state index in [1.807, 2.05) is 0 Å². The number of amides is 1. The Morgan fingerprint density at radius 2 is 1.73 bits per heavy atom. The minimum Gasteiger partial charge on any atom is -0.469 e. The number of methoxy groups -OCH3 is 1. The molecule has 1 aromatic rings. The van der Waals surface area contributed by atoms with E-state index in [1.54, 1.807) is 0 Å². The molecule has 144 valence electrons. The largest absolute Gasteiger partial charge is 0.469 e. The zero-order valence-corrected chi connectivity index (χ0v) is 15.9. The third kappa shape index (κ3) is 5.54. The van der Waals surface area contributed by atoms with Gasteiger partial charge in [-0.15, -0.1) is 0 Å². The molecule has 1 aromatic carbocycles. The molecule has 0 radical (unpaired) electrons. The Hall–Kier alpha value is -1.93. The van der Waals surface area contributed by atoms with Gasteiger partial charge in [-0.25, -0.2) is 8.42 Å². The van der Waals surface area contributed by atoms with Crippen molar-refractivity contribution in [2.75, 3.05) is 26.7 Å². The molecule has 1 amide bonds. The lowest BCUT2D eigenvalue weighted by molar-refractivity contribution is -0.140. The summed E-state index contributed by atoms with van der Waals surface area (Å²) in [6.07, 6.45) is 4.48. The van der Waals surface area contributed by atoms with Crippen molar-refractivity contribution in [2.45, 2.75) is 43.4 Å². The molecule has 1 N–H and O–H groups in total. The van der Waals surface area contributed by atoms with Gasteiger partial charge in [-0.05, 0) is 49.9 Å². The summed E-state index contributed by atoms with van der Waals surface area (Å²) in [7, 11) is -2.09. The van der Waals surface area contributed by atoms with Crippen LogP contribution in [0.4, 0.5) is 0 Å². The summed E-state index contributed by atoms with van der Waals surface area (Å²) in [5, 5.41) is 2.80. The first kappa shape index (κ1) is 20.4. The maximum atomic E-state index is 12.5. The number of rotatable bonds is 9. The van der Waals surface area contributed by atoms with E-state index in [1.165, 1.54) is 35.7 Å². The molecule has 0 aliphatic carbocycles. The van der Waals surface area contributed by atoms with Crippen LogP contribution in [0.25, 0.3) is 0 Å². The van der Waals surface area contributed by atoms with E-state index in [-0.39, 0.29) is 16.8 Å². The molecule has 26 heavy (non-hydrogen) atoms. The Bertz CT molecular complexity index is 710. The summed E-state index contributed by atoms with van der Waals surface area (Å²) < 4.78 is 30.9. The number of unbranched alkanes of at least 4 members (excludes halogenated alkanes) is 2. The van der Waals surface area contributed by atoms with Crippen LogP contribution in [0.5, 0.6) is 0 Å². The summed E-state index contributed by atoms with van der Waals surface area (Å²) in [6, 6.07) is 6.04. The lowest BCUT2D eigenvalue weighted by Gasteiger charge is -2.15. The van der Waals surface area contributed by atoms with Crippen LogP contribution in [0.3, 0.4) is 0 Å². The van der Waals surface area contributed by atoms with Crippen molar-refractivity contribution in [3.8, 4) is 0 Å². The first-order valence-electron chi connectivity index (χ1n) is 8.90. The van der Waals surface area contributed by atoms with Crippen LogP contribution in [-0.4, -0.2) is 51.3 Å². The van der Waals surface area contributed by atoms with Gasteiger partial charge in [0.25, 0.3) is 5.91 Å². The average molecular weight is 382 g/mol. The van der Waals surface area contributed by atoms with Crippen molar-refractivity contribution >= 4 is 21.9 Å². The van der Waals surface area contributed by atoms with E-state index < -0.39 is 10.0 Å². The first-order valence-corrected chi connectivity index (χ1v) is 10.3. The molecular formula is C18H26N2O5S. The number of hydrogen-bond acceptors (Lipinski definition) is 5. The van der Waals surface area contributed by atoms with E-state index in [0.717, 1.165) is 32.1 Å². The van der Waals surface area contributed by atoms with E-state index >= 15 is 0 Å². The molecule has 1 fully saturated rings. The molecule has 1 saturated heterocycles. The minimum atomic E-state index is -3.45. The maximum Gasteiger partial charge on any atom is 0.305 e. The number of carbonyl (C=O) groups is 2. The maximum absolute atomic E-state index is 12.5. The predicted molar refractivity (Wildman–Crippen MR) is 97.3 cm³/mol. The minimum absolute atomic E-state index is 0.221. The van der Waals surface area contributed by atoms with Crippen molar-refractivity contribution in [1.29, 1.82) is 0 Å². The van der Waals surface area contributed by atoms with Gasteiger partial charge < -0.3 is 10.1 Å². The average Bonchev–Trinajstić information content (AvgIpc) is 3.19. The van der Waals surface area contributed by atoms with Gasteiger partial charge in [0.1, 0.15) is 0 Å². The van der Waals surface area contributed by atoms with Gasteiger partial charge in [0.05, 0.1) is 12.0 Å². The van der Waals surface area contributed by atoms with E-state index in [9.17, 15) is 18.0 Å². The Labute approximate surface area is 154 Å². The Morgan fingerprint density at radius 3 is 2.35 bits per heavy atom. The summed E-state index contributed by atoms with van der Waals surface area (Å²) in [6.45, 7) is 1.62. The Balaban J connectivity index is 1.78. The number of esters is 1. The summed E-state index contributed by atoms with van der Waals surface area (Å²) in [5.74, 6) is -0.457. The van der Waals surface area contributed by atoms with Gasteiger partial charge in [-0.3, -0.25) is 9.59 Å². The van der Waals surface area contributed by atoms with Crippen LogP contribution in [-0.2, 0) is 19.6 Å². The molecule has 0 spiro atoms. The quantitative estimate of drug-likeness (QED) is 0.520. The second-order valence-corrected chi connectivity index (χ2v) is 8.22. The zero-order chi connectivity index (χ0) is 19.0. The summed E-state index contributed by atoms with van der Waals surface area (Å²) in [4.78, 5) is 23.3. The van der Waals surface area contributed by atoms with Gasteiger partial charge >= 0.3 is 5.97 Å². The zero-order valence-electron chi connectivity index (χ0n) is 15.1. The smallest absolute Gasteiger partial charge is 0.305 e. The molecule has 1 aliphatic rings. The fourth-order valence-corrected chi connectivity index (χ4v) is 4.35. The summed E-state index contributed by atoms with van der Waals surface area (Å²) >= 11 is 0. The molecular weight excluding hydrogens is 356 g/mol. The SMILES string of the molecule is COC(=O)CCCCCNC(=O)c1ccc(S(=O)(=O)N2CCCC2)cc1. The van der Waals surface area contributed by atoms with E-state index in [2.05, 4.69) is 10.1 Å². The number of ether oxygens (including phenoxy) is 1. The highest BCUT2D eigenvalue weighted by molar-refractivity contribution is 7.89. The highest BCUT2D eigenvalue weighted by Gasteiger charge is 2.27. The van der Waals surface area contributed by atoms with Gasteiger partial charge in [0, 0.05) is 31.6 Å². The first-order chi connectivity index (χ1) is 12.4. The van der Waals surface area contributed by atoms with Crippen molar-refractivity contribution in [1.82, 2.24) is 9.62 Å². The fourth-order valence-electron chi connectivity index (χ4n) is 2.83. The van der Waals surface area contributed by atoms with E-state index in [4.69, 9.17) is 0 Å². The van der Waals surface area contributed by atoms with Crippen molar-refractivity contribution in [2.24, 2.45) is 0 Å². The monoisotopic (exact) mass is 382 g/mol. The molecule has 0 aromatic heterocycles. The number of nitrogens with one attached hydrogen (secondary N) is 1. The van der Waals surface area contributed by atoms with Gasteiger partial charge in [-0.2, -0.15) is 4.31 Å². The standard InChI is InChI=1S/C18H26N2O5S/c1-25-17(21)7-3-2-4-12-19-18(22)15-8-10-16(11-9-15)26(23,24)20-13-5-6-14-20/h8-11H,2-7,12-14H2,1H3,(H,19,22). The number of hydrogen-bond donors (Lipinski definition) is 1. The van der Waals surface area contributed by atoms with E-state index in [0.29, 0.717) is 31.6 Å². The molecule has 0 unspecified atom stereocenters. The molecule has 2 rings (SSSR count). The second-order valence-electron chi connectivity index (χ2n) is 6.28. The summed E-state index contributed by atoms with van der Waals surface area (Å²) in [5.41, 5.74) is 0.430. The third-order valence-corrected chi connectivity index (χ3v) is 6.30. The van der Waals surface area contributed by atoms with Crippen LogP contribution >= 0.6 is 0 Å². The molecule has 1 aliphatic heterocycles. The number of sulfonamides is 1. The van der Waals surface area contributed by atoms with Crippen LogP contribution in [0.2, 0.25) is 0 Å². The molecule has 8 heteroatoms. The number of nitrogens with zero attached hydrogens (tertiary/aromatic N) is 1. The molecule has 0 bridgehead atoms.